The average Bonchev–Trinajstić information content (AvgIpc) is 2.57. The Hall–Kier alpha value is -1.33. The number of benzene rings is 1. The van der Waals surface area contributed by atoms with Crippen LogP contribution in [-0.2, 0) is 13.5 Å². The number of halogens is 1. The molecule has 2 rings (SSSR count). The summed E-state index contributed by atoms with van der Waals surface area (Å²) in [5, 5.41) is 5.43. The molecule has 0 amide bonds. The molecule has 0 aliphatic rings. The molecule has 0 unspecified atom stereocenters. The van der Waals surface area contributed by atoms with Crippen LogP contribution in [0.15, 0.2) is 34.2 Å². The van der Waals surface area contributed by atoms with Crippen LogP contribution in [0.1, 0.15) is 11.3 Å². The minimum atomic E-state index is -0.223. The van der Waals surface area contributed by atoms with Gasteiger partial charge in [0.25, 0.3) is 0 Å². The second-order valence-corrected chi connectivity index (χ2v) is 5.15. The van der Waals surface area contributed by atoms with Crippen molar-refractivity contribution in [3.05, 3.63) is 41.3 Å². The number of hydrogen-bond donors (Lipinski definition) is 1. The van der Waals surface area contributed by atoms with Crippen molar-refractivity contribution < 1.29 is 4.39 Å². The average molecular weight is 265 g/mol. The van der Waals surface area contributed by atoms with Crippen molar-refractivity contribution in [2.45, 2.75) is 23.3 Å². The fourth-order valence-corrected chi connectivity index (χ4v) is 2.97. The first-order chi connectivity index (χ1) is 8.61. The van der Waals surface area contributed by atoms with Crippen LogP contribution >= 0.6 is 11.8 Å². The molecule has 0 saturated carbocycles. The summed E-state index contributed by atoms with van der Waals surface area (Å²) in [6.07, 6.45) is 0.789. The molecular weight excluding hydrogens is 249 g/mol. The zero-order valence-corrected chi connectivity index (χ0v) is 11.3. The van der Waals surface area contributed by atoms with Crippen LogP contribution in [0.25, 0.3) is 0 Å². The quantitative estimate of drug-likeness (QED) is 0.923. The lowest BCUT2D eigenvalue weighted by Gasteiger charge is -2.05. The Bertz CT molecular complexity index is 551. The second kappa shape index (κ2) is 5.54. The third kappa shape index (κ3) is 2.73. The Morgan fingerprint density at radius 2 is 2.22 bits per heavy atom. The van der Waals surface area contributed by atoms with E-state index < -0.39 is 0 Å². The fourth-order valence-electron chi connectivity index (χ4n) is 1.88. The van der Waals surface area contributed by atoms with Crippen molar-refractivity contribution in [2.24, 2.45) is 12.8 Å². The molecule has 1 heterocycles. The smallest absolute Gasteiger partial charge is 0.124 e. The molecule has 1 aromatic carbocycles. The van der Waals surface area contributed by atoms with E-state index in [-0.39, 0.29) is 5.82 Å². The molecule has 0 saturated heterocycles. The second-order valence-electron chi connectivity index (χ2n) is 4.09. The first kappa shape index (κ1) is 13.1. The van der Waals surface area contributed by atoms with E-state index in [9.17, 15) is 4.39 Å². The van der Waals surface area contributed by atoms with Gasteiger partial charge in [-0.2, -0.15) is 5.10 Å². The number of aromatic nitrogens is 2. The lowest BCUT2D eigenvalue weighted by Crippen LogP contribution is -2.04. The lowest BCUT2D eigenvalue weighted by molar-refractivity contribution is 0.624. The van der Waals surface area contributed by atoms with Crippen molar-refractivity contribution in [3.8, 4) is 0 Å². The maximum Gasteiger partial charge on any atom is 0.124 e. The number of nitrogens with zero attached hydrogens (tertiary/aromatic N) is 2. The summed E-state index contributed by atoms with van der Waals surface area (Å²) in [6.45, 7) is 2.56. The zero-order valence-electron chi connectivity index (χ0n) is 10.5. The van der Waals surface area contributed by atoms with Gasteiger partial charge in [-0.3, -0.25) is 4.68 Å². The van der Waals surface area contributed by atoms with Gasteiger partial charge in [0.15, 0.2) is 0 Å². The summed E-state index contributed by atoms with van der Waals surface area (Å²) in [5.74, 6) is -0.223. The summed E-state index contributed by atoms with van der Waals surface area (Å²) in [7, 11) is 1.90. The fraction of sp³-hybridized carbons (Fsp3) is 0.308. The van der Waals surface area contributed by atoms with Crippen LogP contribution in [-0.4, -0.2) is 16.3 Å². The number of nitrogens with two attached hydrogens (primary N) is 1. The predicted molar refractivity (Wildman–Crippen MR) is 71.2 cm³/mol. The zero-order chi connectivity index (χ0) is 13.1. The molecule has 2 N–H and O–H groups in total. The lowest BCUT2D eigenvalue weighted by atomic mass is 10.2. The minimum absolute atomic E-state index is 0.223. The number of aryl methyl sites for hydroxylation is 2. The van der Waals surface area contributed by atoms with E-state index in [0.717, 1.165) is 27.6 Å². The van der Waals surface area contributed by atoms with Crippen LogP contribution in [0.3, 0.4) is 0 Å². The Morgan fingerprint density at radius 1 is 1.44 bits per heavy atom. The Kier molecular flexibility index (Phi) is 4.04. The standard InChI is InChI=1S/C13H16FN3S/c1-9-12(6-7-15)13(17(2)16-9)18-11-5-3-4-10(14)8-11/h3-5,8H,6-7,15H2,1-2H3. The maximum absolute atomic E-state index is 13.2. The summed E-state index contributed by atoms with van der Waals surface area (Å²) in [4.78, 5) is 0.872. The van der Waals surface area contributed by atoms with Gasteiger partial charge < -0.3 is 5.73 Å². The molecule has 1 aromatic heterocycles. The van der Waals surface area contributed by atoms with Crippen molar-refractivity contribution in [3.63, 3.8) is 0 Å². The molecule has 0 aliphatic heterocycles. The first-order valence-electron chi connectivity index (χ1n) is 5.77. The van der Waals surface area contributed by atoms with Crippen LogP contribution in [0.4, 0.5) is 4.39 Å². The minimum Gasteiger partial charge on any atom is -0.330 e. The van der Waals surface area contributed by atoms with Gasteiger partial charge in [-0.05, 0) is 38.1 Å². The molecule has 3 nitrogen and oxygen atoms in total. The van der Waals surface area contributed by atoms with E-state index in [2.05, 4.69) is 5.10 Å². The SMILES string of the molecule is Cc1nn(C)c(Sc2cccc(F)c2)c1CCN. The summed E-state index contributed by atoms with van der Waals surface area (Å²) >= 11 is 1.52. The molecule has 5 heteroatoms. The van der Waals surface area contributed by atoms with Crippen LogP contribution in [0.5, 0.6) is 0 Å². The van der Waals surface area contributed by atoms with Crippen molar-refractivity contribution in [2.75, 3.05) is 6.54 Å². The molecule has 0 bridgehead atoms. The van der Waals surface area contributed by atoms with Gasteiger partial charge in [-0.25, -0.2) is 4.39 Å². The molecule has 96 valence electrons. The third-order valence-electron chi connectivity index (χ3n) is 2.69. The van der Waals surface area contributed by atoms with E-state index in [1.165, 1.54) is 23.9 Å². The molecule has 0 atom stereocenters. The van der Waals surface area contributed by atoms with Crippen LogP contribution in [0, 0.1) is 12.7 Å². The van der Waals surface area contributed by atoms with Gasteiger partial charge in [0.05, 0.1) is 5.69 Å². The summed E-state index contributed by atoms with van der Waals surface area (Å²) in [5.41, 5.74) is 7.75. The highest BCUT2D eigenvalue weighted by atomic mass is 32.2. The van der Waals surface area contributed by atoms with Crippen molar-refractivity contribution >= 4 is 11.8 Å². The maximum atomic E-state index is 13.2. The molecular formula is C13H16FN3S. The Morgan fingerprint density at radius 3 is 2.89 bits per heavy atom. The third-order valence-corrected chi connectivity index (χ3v) is 3.89. The van der Waals surface area contributed by atoms with Crippen molar-refractivity contribution in [1.29, 1.82) is 0 Å². The van der Waals surface area contributed by atoms with Gasteiger partial charge in [0.1, 0.15) is 10.8 Å². The molecule has 0 spiro atoms. The highest BCUT2D eigenvalue weighted by molar-refractivity contribution is 7.99. The normalized spacial score (nSPS) is 10.9. The van der Waals surface area contributed by atoms with E-state index in [4.69, 9.17) is 5.73 Å². The van der Waals surface area contributed by atoms with Gasteiger partial charge >= 0.3 is 0 Å². The van der Waals surface area contributed by atoms with E-state index in [1.807, 2.05) is 24.7 Å². The summed E-state index contributed by atoms with van der Waals surface area (Å²) < 4.78 is 15.0. The van der Waals surface area contributed by atoms with E-state index in [1.54, 1.807) is 6.07 Å². The van der Waals surface area contributed by atoms with Crippen LogP contribution < -0.4 is 5.73 Å². The molecule has 0 aliphatic carbocycles. The summed E-state index contributed by atoms with van der Waals surface area (Å²) in [6, 6.07) is 6.57. The van der Waals surface area contributed by atoms with Gasteiger partial charge in [0.2, 0.25) is 0 Å². The molecule has 0 fully saturated rings. The largest absolute Gasteiger partial charge is 0.330 e. The number of rotatable bonds is 4. The van der Waals surface area contributed by atoms with Crippen molar-refractivity contribution in [1.82, 2.24) is 9.78 Å². The van der Waals surface area contributed by atoms with Gasteiger partial charge in [0, 0.05) is 17.5 Å². The Balaban J connectivity index is 2.33. The van der Waals surface area contributed by atoms with Gasteiger partial charge in [-0.15, -0.1) is 0 Å². The predicted octanol–water partition coefficient (Wildman–Crippen LogP) is 2.52. The van der Waals surface area contributed by atoms with Crippen LogP contribution in [0.2, 0.25) is 0 Å². The highest BCUT2D eigenvalue weighted by Gasteiger charge is 2.13. The Labute approximate surface area is 110 Å². The molecule has 18 heavy (non-hydrogen) atoms. The number of hydrogen-bond acceptors (Lipinski definition) is 3. The molecule has 2 aromatic rings. The topological polar surface area (TPSA) is 43.8 Å². The van der Waals surface area contributed by atoms with Gasteiger partial charge in [-0.1, -0.05) is 17.8 Å². The monoisotopic (exact) mass is 265 g/mol. The highest BCUT2D eigenvalue weighted by Crippen LogP contribution is 2.32. The molecule has 0 radical (unpaired) electrons. The first-order valence-corrected chi connectivity index (χ1v) is 6.59. The van der Waals surface area contributed by atoms with E-state index in [0.29, 0.717) is 6.54 Å². The van der Waals surface area contributed by atoms with E-state index >= 15 is 0 Å².